The molecule has 3 aliphatic carbocycles. The van der Waals surface area contributed by atoms with Crippen LogP contribution in [0.1, 0.15) is 50.2 Å². The minimum atomic E-state index is -5.79. The number of esters is 1. The van der Waals surface area contributed by atoms with Crippen LogP contribution in [0, 0.1) is 11.8 Å². The Balaban J connectivity index is 1.44. The topological polar surface area (TPSA) is 82.1 Å². The van der Waals surface area contributed by atoms with Crippen LogP contribution >= 0.6 is 0 Å². The third-order valence-corrected chi connectivity index (χ3v) is 9.41. The Bertz CT molecular complexity index is 1150. The van der Waals surface area contributed by atoms with Crippen LogP contribution in [-0.4, -0.2) is 56.1 Å². The molecule has 0 unspecified atom stereocenters. The highest BCUT2D eigenvalue weighted by atomic mass is 32.2. The fraction of sp³-hybridized carbons (Fsp3) is 0.696. The number of nitrogens with zero attached hydrogens (tertiary/aromatic N) is 1. The first-order valence-corrected chi connectivity index (χ1v) is 13.2. The van der Waals surface area contributed by atoms with E-state index in [0.29, 0.717) is 24.5 Å². The lowest BCUT2D eigenvalue weighted by molar-refractivity contribution is -0.132. The summed E-state index contributed by atoms with van der Waals surface area (Å²) >= 11 is 0. The van der Waals surface area contributed by atoms with E-state index >= 15 is 0 Å². The molecule has 11 heteroatoms. The molecule has 186 valence electrons. The summed E-state index contributed by atoms with van der Waals surface area (Å²) in [5.41, 5.74) is -4.30. The van der Waals surface area contributed by atoms with Crippen LogP contribution in [0.2, 0.25) is 0 Å². The molecule has 2 heterocycles. The van der Waals surface area contributed by atoms with Gasteiger partial charge in [-0.2, -0.15) is 21.6 Å². The van der Waals surface area contributed by atoms with Crippen molar-refractivity contribution in [2.24, 2.45) is 11.8 Å². The van der Waals surface area contributed by atoms with E-state index in [-0.39, 0.29) is 24.1 Å². The van der Waals surface area contributed by atoms with E-state index in [0.717, 1.165) is 30.6 Å². The molecule has 5 aliphatic rings. The summed E-state index contributed by atoms with van der Waals surface area (Å²) in [4.78, 5) is 14.2. The molecule has 6 rings (SSSR count). The zero-order valence-electron chi connectivity index (χ0n) is 18.6. The predicted molar refractivity (Wildman–Crippen MR) is 113 cm³/mol. The number of piperidine rings is 1. The first-order chi connectivity index (χ1) is 16.0. The number of alkyl halides is 3. The van der Waals surface area contributed by atoms with Crippen molar-refractivity contribution in [2.75, 3.05) is 13.1 Å². The van der Waals surface area contributed by atoms with Gasteiger partial charge in [-0.25, -0.2) is 0 Å². The molecule has 0 radical (unpaired) electrons. The number of rotatable bonds is 5. The largest absolute Gasteiger partial charge is 0.523 e. The summed E-state index contributed by atoms with van der Waals surface area (Å²) in [6.07, 6.45) is 2.37. The maximum absolute atomic E-state index is 13.2. The van der Waals surface area contributed by atoms with Gasteiger partial charge in [-0.1, -0.05) is 6.07 Å². The molecule has 0 aromatic heterocycles. The summed E-state index contributed by atoms with van der Waals surface area (Å²) in [5, 5.41) is 0. The van der Waals surface area contributed by atoms with Crippen LogP contribution in [0.25, 0.3) is 0 Å². The van der Waals surface area contributed by atoms with Crippen LogP contribution < -0.4 is 9.47 Å². The summed E-state index contributed by atoms with van der Waals surface area (Å²) in [6.45, 7) is 3.04. The van der Waals surface area contributed by atoms with E-state index in [2.05, 4.69) is 4.90 Å². The first kappa shape index (κ1) is 22.6. The Hall–Kier alpha value is -1.85. The van der Waals surface area contributed by atoms with Gasteiger partial charge in [0.05, 0.1) is 0 Å². The zero-order valence-corrected chi connectivity index (χ0v) is 19.5. The highest BCUT2D eigenvalue weighted by Crippen LogP contribution is 2.64. The van der Waals surface area contributed by atoms with Gasteiger partial charge in [-0.3, -0.25) is 13.9 Å². The van der Waals surface area contributed by atoms with Crippen molar-refractivity contribution in [3.63, 3.8) is 0 Å². The second-order valence-electron chi connectivity index (χ2n) is 10.3. The smallest absolute Gasteiger partial charge is 0.482 e. The summed E-state index contributed by atoms with van der Waals surface area (Å²) in [6, 6.07) is 3.78. The number of carbonyl (C=O) groups excluding carboxylic acids is 1. The van der Waals surface area contributed by atoms with Crippen LogP contribution in [0.3, 0.4) is 0 Å². The monoisotopic (exact) mass is 501 g/mol. The second kappa shape index (κ2) is 7.33. The Morgan fingerprint density at radius 3 is 2.68 bits per heavy atom. The summed E-state index contributed by atoms with van der Waals surface area (Å²) < 4.78 is 79.8. The number of benzene rings is 1. The fourth-order valence-electron chi connectivity index (χ4n) is 6.98. The molecule has 2 aliphatic heterocycles. The number of ether oxygens (including phenoxy) is 2. The van der Waals surface area contributed by atoms with Gasteiger partial charge in [0, 0.05) is 30.5 Å². The molecule has 2 saturated carbocycles. The van der Waals surface area contributed by atoms with E-state index in [4.69, 9.17) is 13.7 Å². The molecule has 7 nitrogen and oxygen atoms in total. The normalized spacial score (nSPS) is 34.4. The lowest BCUT2D eigenvalue weighted by Gasteiger charge is -2.59. The quantitative estimate of drug-likeness (QED) is 0.265. The van der Waals surface area contributed by atoms with E-state index in [1.807, 2.05) is 6.07 Å². The number of hydrogen-bond acceptors (Lipinski definition) is 7. The van der Waals surface area contributed by atoms with Crippen molar-refractivity contribution >= 4 is 16.1 Å². The van der Waals surface area contributed by atoms with Crippen LogP contribution in [-0.2, 0) is 30.9 Å². The highest BCUT2D eigenvalue weighted by Gasteiger charge is 2.67. The third kappa shape index (κ3) is 3.22. The number of carbonyl (C=O) groups is 1. The summed E-state index contributed by atoms with van der Waals surface area (Å²) in [5.74, 6) is 0.815. The molecule has 5 atom stereocenters. The van der Waals surface area contributed by atoms with Gasteiger partial charge < -0.3 is 9.47 Å². The van der Waals surface area contributed by atoms with Crippen molar-refractivity contribution in [3.05, 3.63) is 23.3 Å². The van der Waals surface area contributed by atoms with Crippen LogP contribution in [0.15, 0.2) is 12.1 Å². The van der Waals surface area contributed by atoms with Crippen molar-refractivity contribution in [3.8, 4) is 11.5 Å². The van der Waals surface area contributed by atoms with Gasteiger partial charge in [0.2, 0.25) is 0 Å². The standard InChI is InChI=1S/C23H26F3NO6S/c1-12(28)31-17-6-4-14-10-16-15-5-7-18(33-34(29,30)23(24,25)26)21-22(15,19(14)20(17)32-21)8-9-27(16)11-13-2-3-13/h4,6,13,15-16,18,21H,2-3,5,7-11H2,1H3/t15-,16+,18-,21-,22-/m0/s1. The van der Waals surface area contributed by atoms with Gasteiger partial charge in [-0.15, -0.1) is 0 Å². The second-order valence-corrected chi connectivity index (χ2v) is 11.8. The number of hydrogen-bond donors (Lipinski definition) is 0. The minimum absolute atomic E-state index is 0.0970. The van der Waals surface area contributed by atoms with Crippen molar-refractivity contribution in [1.29, 1.82) is 0 Å². The Morgan fingerprint density at radius 2 is 2.00 bits per heavy atom. The Labute approximate surface area is 195 Å². The number of halogens is 3. The molecule has 34 heavy (non-hydrogen) atoms. The molecule has 1 spiro atoms. The zero-order chi connectivity index (χ0) is 24.0. The van der Waals surface area contributed by atoms with E-state index < -0.39 is 39.2 Å². The fourth-order valence-corrected chi connectivity index (χ4v) is 7.61. The number of likely N-dealkylation sites (tertiary alicyclic amines) is 1. The van der Waals surface area contributed by atoms with Gasteiger partial charge in [-0.05, 0) is 68.5 Å². The predicted octanol–water partition coefficient (Wildman–Crippen LogP) is 3.30. The lowest BCUT2D eigenvalue weighted by atomic mass is 9.51. The SMILES string of the molecule is CC(=O)Oc1ccc2c3c1O[C@H]1[C@@H](OS(=O)(=O)C(F)(F)F)CC[C@H]4[C@@H](C2)N(CC2CC2)CC[C@@]341. The maximum Gasteiger partial charge on any atom is 0.523 e. The molecule has 1 saturated heterocycles. The van der Waals surface area contributed by atoms with Gasteiger partial charge in [0.25, 0.3) is 0 Å². The van der Waals surface area contributed by atoms with Crippen LogP contribution in [0.4, 0.5) is 13.2 Å². The molecule has 3 fully saturated rings. The van der Waals surface area contributed by atoms with Gasteiger partial charge in [0.1, 0.15) is 12.2 Å². The maximum atomic E-state index is 13.2. The highest BCUT2D eigenvalue weighted by molar-refractivity contribution is 7.87. The molecular weight excluding hydrogens is 475 g/mol. The van der Waals surface area contributed by atoms with Crippen LogP contribution in [0.5, 0.6) is 11.5 Å². The third-order valence-electron chi connectivity index (χ3n) is 8.34. The minimum Gasteiger partial charge on any atom is -0.482 e. The molecular formula is C23H26F3NO6S. The molecule has 1 aromatic rings. The van der Waals surface area contributed by atoms with Crippen molar-refractivity contribution < 1.29 is 40.0 Å². The molecule has 2 bridgehead atoms. The first-order valence-electron chi connectivity index (χ1n) is 11.8. The van der Waals surface area contributed by atoms with Gasteiger partial charge >= 0.3 is 21.6 Å². The van der Waals surface area contributed by atoms with Gasteiger partial charge in [0.15, 0.2) is 11.5 Å². The molecule has 1 aromatic carbocycles. The molecule has 0 N–H and O–H groups in total. The lowest BCUT2D eigenvalue weighted by Crippen LogP contribution is -2.67. The van der Waals surface area contributed by atoms with Crippen molar-refractivity contribution in [1.82, 2.24) is 4.90 Å². The average Bonchev–Trinajstić information content (AvgIpc) is 3.48. The van der Waals surface area contributed by atoms with E-state index in [1.54, 1.807) is 6.07 Å². The molecule has 0 amide bonds. The van der Waals surface area contributed by atoms with E-state index in [9.17, 15) is 26.4 Å². The Morgan fingerprint density at radius 1 is 1.24 bits per heavy atom. The summed E-state index contributed by atoms with van der Waals surface area (Å²) in [7, 11) is -5.79. The van der Waals surface area contributed by atoms with E-state index in [1.165, 1.54) is 19.8 Å². The van der Waals surface area contributed by atoms with Crippen molar-refractivity contribution in [2.45, 2.75) is 74.6 Å². The average molecular weight is 502 g/mol. The Kier molecular flexibility index (Phi) is 4.87.